The second-order valence-corrected chi connectivity index (χ2v) is 5.56. The Bertz CT molecular complexity index is 251. The van der Waals surface area contributed by atoms with E-state index < -0.39 is 11.5 Å². The molecule has 2 N–H and O–H groups in total. The van der Waals surface area contributed by atoms with E-state index >= 15 is 0 Å². The van der Waals surface area contributed by atoms with Gasteiger partial charge in [0.25, 0.3) is 0 Å². The van der Waals surface area contributed by atoms with Gasteiger partial charge in [-0.25, -0.2) is 0 Å². The molecule has 0 aliphatic heterocycles. The minimum Gasteiger partial charge on any atom is -0.480 e. The normalized spacial score (nSPS) is 19.3. The minimum absolute atomic E-state index is 0.170. The Balaban J connectivity index is 2.20. The zero-order valence-electron chi connectivity index (χ0n) is 11.2. The number of rotatable bonds is 9. The lowest BCUT2D eigenvalue weighted by molar-refractivity contribution is -0.144. The first kappa shape index (κ1) is 14.5. The lowest BCUT2D eigenvalue weighted by atomic mass is 9.95. The number of nitrogens with one attached hydrogen (secondary N) is 1. The second kappa shape index (κ2) is 6.36. The van der Waals surface area contributed by atoms with Gasteiger partial charge in [-0.2, -0.15) is 0 Å². The van der Waals surface area contributed by atoms with Crippen molar-refractivity contribution in [3.63, 3.8) is 0 Å². The molecule has 1 aliphatic carbocycles. The molecule has 0 spiro atoms. The Labute approximate surface area is 104 Å². The average molecular weight is 243 g/mol. The summed E-state index contributed by atoms with van der Waals surface area (Å²) in [6.07, 6.45) is 3.98. The maximum absolute atomic E-state index is 11.2. The first-order valence-corrected chi connectivity index (χ1v) is 6.53. The van der Waals surface area contributed by atoms with Crippen molar-refractivity contribution < 1.29 is 14.6 Å². The van der Waals surface area contributed by atoms with Crippen LogP contribution in [0.4, 0.5) is 0 Å². The van der Waals surface area contributed by atoms with Gasteiger partial charge in [0, 0.05) is 19.3 Å². The van der Waals surface area contributed by atoms with Crippen LogP contribution >= 0.6 is 0 Å². The largest absolute Gasteiger partial charge is 0.480 e. The van der Waals surface area contributed by atoms with Crippen LogP contribution in [0.2, 0.25) is 0 Å². The zero-order valence-corrected chi connectivity index (χ0v) is 11.2. The van der Waals surface area contributed by atoms with Gasteiger partial charge in [0.05, 0.1) is 0 Å². The van der Waals surface area contributed by atoms with Crippen molar-refractivity contribution in [2.45, 2.75) is 58.0 Å². The van der Waals surface area contributed by atoms with Gasteiger partial charge in [-0.1, -0.05) is 0 Å². The number of ether oxygens (including phenoxy) is 1. The zero-order chi connectivity index (χ0) is 12.9. The fourth-order valence-electron chi connectivity index (χ4n) is 1.94. The minimum atomic E-state index is -0.836. The summed E-state index contributed by atoms with van der Waals surface area (Å²) in [5, 5.41) is 12.3. The molecule has 4 nitrogen and oxygen atoms in total. The SMILES string of the molecule is CC(C)NC(C)(CCCOCC1CC1)C(=O)O. The molecule has 17 heavy (non-hydrogen) atoms. The van der Waals surface area contributed by atoms with Crippen LogP contribution in [-0.4, -0.2) is 35.9 Å². The molecule has 100 valence electrons. The van der Waals surface area contributed by atoms with Gasteiger partial charge in [0.1, 0.15) is 5.54 Å². The van der Waals surface area contributed by atoms with E-state index in [4.69, 9.17) is 4.74 Å². The molecule has 1 fully saturated rings. The van der Waals surface area contributed by atoms with Crippen molar-refractivity contribution in [1.82, 2.24) is 5.32 Å². The Morgan fingerprint density at radius 3 is 2.65 bits per heavy atom. The number of hydrogen-bond acceptors (Lipinski definition) is 3. The number of carbonyl (C=O) groups is 1. The Morgan fingerprint density at radius 2 is 2.18 bits per heavy atom. The maximum Gasteiger partial charge on any atom is 0.323 e. The van der Waals surface area contributed by atoms with Crippen molar-refractivity contribution in [2.75, 3.05) is 13.2 Å². The highest BCUT2D eigenvalue weighted by Gasteiger charge is 2.32. The van der Waals surface area contributed by atoms with E-state index in [1.165, 1.54) is 12.8 Å². The topological polar surface area (TPSA) is 58.6 Å². The molecule has 1 saturated carbocycles. The van der Waals surface area contributed by atoms with Crippen LogP contribution in [0.5, 0.6) is 0 Å². The van der Waals surface area contributed by atoms with E-state index in [2.05, 4.69) is 5.32 Å². The van der Waals surface area contributed by atoms with Crippen molar-refractivity contribution in [1.29, 1.82) is 0 Å². The molecule has 0 radical (unpaired) electrons. The molecular formula is C13H25NO3. The number of hydrogen-bond donors (Lipinski definition) is 2. The van der Waals surface area contributed by atoms with Gasteiger partial charge in [0.15, 0.2) is 0 Å². The van der Waals surface area contributed by atoms with Crippen LogP contribution in [0.15, 0.2) is 0 Å². The van der Waals surface area contributed by atoms with Crippen LogP contribution < -0.4 is 5.32 Å². The number of aliphatic carboxylic acids is 1. The summed E-state index contributed by atoms with van der Waals surface area (Å²) in [5.41, 5.74) is -0.836. The Kier molecular flexibility index (Phi) is 5.40. The summed E-state index contributed by atoms with van der Waals surface area (Å²) < 4.78 is 5.52. The van der Waals surface area contributed by atoms with Crippen molar-refractivity contribution >= 4 is 5.97 Å². The van der Waals surface area contributed by atoms with Gasteiger partial charge in [-0.05, 0) is 52.4 Å². The van der Waals surface area contributed by atoms with E-state index in [0.29, 0.717) is 13.0 Å². The van der Waals surface area contributed by atoms with E-state index in [1.807, 2.05) is 13.8 Å². The number of carboxylic acids is 1. The molecule has 0 saturated heterocycles. The summed E-state index contributed by atoms with van der Waals surface area (Å²) in [7, 11) is 0. The fraction of sp³-hybridized carbons (Fsp3) is 0.923. The van der Waals surface area contributed by atoms with Crippen LogP contribution in [0.3, 0.4) is 0 Å². The highest BCUT2D eigenvalue weighted by molar-refractivity contribution is 5.78. The highest BCUT2D eigenvalue weighted by atomic mass is 16.5. The van der Waals surface area contributed by atoms with Gasteiger partial charge < -0.3 is 9.84 Å². The fourth-order valence-corrected chi connectivity index (χ4v) is 1.94. The Morgan fingerprint density at radius 1 is 1.53 bits per heavy atom. The van der Waals surface area contributed by atoms with Crippen LogP contribution in [0.25, 0.3) is 0 Å². The molecule has 0 amide bonds. The first-order chi connectivity index (χ1) is 7.94. The van der Waals surface area contributed by atoms with Crippen molar-refractivity contribution in [3.05, 3.63) is 0 Å². The molecule has 4 heteroatoms. The third-order valence-corrected chi connectivity index (χ3v) is 3.10. The van der Waals surface area contributed by atoms with Crippen LogP contribution in [0.1, 0.15) is 46.5 Å². The highest BCUT2D eigenvalue weighted by Crippen LogP contribution is 2.28. The third-order valence-electron chi connectivity index (χ3n) is 3.10. The summed E-state index contributed by atoms with van der Waals surface area (Å²) >= 11 is 0. The predicted octanol–water partition coefficient (Wildman–Crippen LogP) is 2.03. The second-order valence-electron chi connectivity index (χ2n) is 5.56. The molecule has 1 unspecified atom stereocenters. The molecule has 0 aromatic rings. The molecule has 0 heterocycles. The summed E-state index contributed by atoms with van der Waals surface area (Å²) in [4.78, 5) is 11.2. The molecule has 1 atom stereocenters. The average Bonchev–Trinajstić information content (AvgIpc) is 2.99. The van der Waals surface area contributed by atoms with E-state index in [1.54, 1.807) is 6.92 Å². The molecule has 1 rings (SSSR count). The smallest absolute Gasteiger partial charge is 0.323 e. The van der Waals surface area contributed by atoms with Gasteiger partial charge in [-0.3, -0.25) is 10.1 Å². The van der Waals surface area contributed by atoms with E-state index in [0.717, 1.165) is 18.9 Å². The van der Waals surface area contributed by atoms with Crippen molar-refractivity contribution in [2.24, 2.45) is 5.92 Å². The summed E-state index contributed by atoms with van der Waals surface area (Å²) in [6, 6.07) is 0.170. The predicted molar refractivity (Wildman–Crippen MR) is 67.1 cm³/mol. The van der Waals surface area contributed by atoms with Crippen LogP contribution in [0, 0.1) is 5.92 Å². The summed E-state index contributed by atoms with van der Waals surface area (Å²) in [6.45, 7) is 7.19. The first-order valence-electron chi connectivity index (χ1n) is 6.53. The monoisotopic (exact) mass is 243 g/mol. The third kappa shape index (κ3) is 5.50. The summed E-state index contributed by atoms with van der Waals surface area (Å²) in [5.74, 6) is -0.0111. The molecular weight excluding hydrogens is 218 g/mol. The number of carboxylic acid groups (broad SMARTS) is 1. The van der Waals surface area contributed by atoms with Gasteiger partial charge in [0.2, 0.25) is 0 Å². The van der Waals surface area contributed by atoms with Crippen molar-refractivity contribution in [3.8, 4) is 0 Å². The van der Waals surface area contributed by atoms with E-state index in [-0.39, 0.29) is 6.04 Å². The maximum atomic E-state index is 11.2. The lowest BCUT2D eigenvalue weighted by Crippen LogP contribution is -2.52. The molecule has 1 aliphatic rings. The Hall–Kier alpha value is -0.610. The quantitative estimate of drug-likeness (QED) is 0.608. The van der Waals surface area contributed by atoms with Crippen LogP contribution in [-0.2, 0) is 9.53 Å². The molecule has 0 aromatic carbocycles. The molecule has 0 aromatic heterocycles. The van der Waals surface area contributed by atoms with Gasteiger partial charge >= 0.3 is 5.97 Å². The molecule has 0 bridgehead atoms. The lowest BCUT2D eigenvalue weighted by Gasteiger charge is -2.28. The van der Waals surface area contributed by atoms with Gasteiger partial charge in [-0.15, -0.1) is 0 Å². The van der Waals surface area contributed by atoms with E-state index in [9.17, 15) is 9.90 Å². The standard InChI is InChI=1S/C13H25NO3/c1-10(2)14-13(3,12(15)16)7-4-8-17-9-11-5-6-11/h10-11,14H,4-9H2,1-3H3,(H,15,16).